The second-order valence-electron chi connectivity index (χ2n) is 3.17. The first-order valence-electron chi connectivity index (χ1n) is 4.83. The third-order valence-electron chi connectivity index (χ3n) is 1.95. The van der Waals surface area contributed by atoms with E-state index >= 15 is 0 Å². The molecule has 17 heavy (non-hydrogen) atoms. The average molecular weight is 239 g/mol. The Labute approximate surface area is 98.2 Å². The van der Waals surface area contributed by atoms with Crippen LogP contribution in [0.2, 0.25) is 0 Å². The maximum atomic E-state index is 11.2. The molecule has 0 aromatic carbocycles. The number of esters is 2. The summed E-state index contributed by atoms with van der Waals surface area (Å²) in [6.07, 6.45) is 2.67. The Morgan fingerprint density at radius 1 is 1.29 bits per heavy atom. The summed E-state index contributed by atoms with van der Waals surface area (Å²) in [6.45, 7) is 1.61. The van der Waals surface area contributed by atoms with Gasteiger partial charge in [-0.1, -0.05) is 0 Å². The summed E-state index contributed by atoms with van der Waals surface area (Å²) in [4.78, 5) is 30.1. The first-order chi connectivity index (χ1) is 8.08. The molecule has 1 atom stereocenters. The topological polar surface area (TPSA) is 90.4 Å². The highest BCUT2D eigenvalue weighted by Crippen LogP contribution is 2.05. The Morgan fingerprint density at radius 3 is 2.59 bits per heavy atom. The van der Waals surface area contributed by atoms with Crippen LogP contribution in [-0.2, 0) is 14.3 Å². The number of ether oxygens (including phenoxy) is 2. The van der Waals surface area contributed by atoms with E-state index < -0.39 is 18.0 Å². The lowest BCUT2D eigenvalue weighted by Gasteiger charge is -2.11. The molecular formula is C10H13N3O4. The van der Waals surface area contributed by atoms with Gasteiger partial charge in [-0.2, -0.15) is 0 Å². The van der Waals surface area contributed by atoms with Gasteiger partial charge >= 0.3 is 11.9 Å². The van der Waals surface area contributed by atoms with Crippen molar-refractivity contribution in [1.82, 2.24) is 9.97 Å². The second kappa shape index (κ2) is 5.78. The second-order valence-corrected chi connectivity index (χ2v) is 3.17. The molecule has 0 aliphatic heterocycles. The molecule has 0 saturated heterocycles. The molecule has 1 rings (SSSR count). The maximum Gasteiger partial charge on any atom is 0.358 e. The van der Waals surface area contributed by atoms with Crippen molar-refractivity contribution in [3.05, 3.63) is 18.1 Å². The number of nitrogens with one attached hydrogen (secondary N) is 1. The summed E-state index contributed by atoms with van der Waals surface area (Å²) >= 11 is 0. The summed E-state index contributed by atoms with van der Waals surface area (Å²) in [5.41, 5.74) is 0.0644. The van der Waals surface area contributed by atoms with Gasteiger partial charge < -0.3 is 14.8 Å². The molecule has 0 radical (unpaired) electrons. The van der Waals surface area contributed by atoms with Crippen LogP contribution < -0.4 is 5.32 Å². The van der Waals surface area contributed by atoms with Crippen molar-refractivity contribution in [2.75, 3.05) is 19.5 Å². The van der Waals surface area contributed by atoms with Crippen molar-refractivity contribution in [2.45, 2.75) is 13.0 Å². The van der Waals surface area contributed by atoms with Crippen molar-refractivity contribution in [3.63, 3.8) is 0 Å². The van der Waals surface area contributed by atoms with Gasteiger partial charge in [-0.05, 0) is 6.92 Å². The first-order valence-corrected chi connectivity index (χ1v) is 4.83. The smallest absolute Gasteiger partial charge is 0.358 e. The van der Waals surface area contributed by atoms with E-state index in [4.69, 9.17) is 0 Å². The Hall–Kier alpha value is -2.18. The van der Waals surface area contributed by atoms with Crippen LogP contribution in [0.3, 0.4) is 0 Å². The predicted molar refractivity (Wildman–Crippen MR) is 58.5 cm³/mol. The van der Waals surface area contributed by atoms with E-state index in [1.807, 2.05) is 0 Å². The Bertz CT molecular complexity index is 422. The number of methoxy groups -OCH3 is 2. The fourth-order valence-corrected chi connectivity index (χ4v) is 1.10. The Morgan fingerprint density at radius 2 is 2.00 bits per heavy atom. The molecule has 1 aromatic heterocycles. The highest BCUT2D eigenvalue weighted by molar-refractivity contribution is 5.87. The number of aromatic nitrogens is 2. The number of rotatable bonds is 4. The van der Waals surface area contributed by atoms with Gasteiger partial charge in [0.05, 0.1) is 26.6 Å². The van der Waals surface area contributed by atoms with Crippen LogP contribution >= 0.6 is 0 Å². The molecule has 0 saturated carbocycles. The van der Waals surface area contributed by atoms with Crippen molar-refractivity contribution in [3.8, 4) is 0 Å². The van der Waals surface area contributed by atoms with Gasteiger partial charge in [0.25, 0.3) is 0 Å². The molecule has 0 spiro atoms. The molecule has 92 valence electrons. The van der Waals surface area contributed by atoms with Crippen molar-refractivity contribution < 1.29 is 19.1 Å². The number of carbonyl (C=O) groups excluding carboxylic acids is 2. The number of hydrogen-bond acceptors (Lipinski definition) is 7. The summed E-state index contributed by atoms with van der Waals surface area (Å²) in [7, 11) is 2.54. The van der Waals surface area contributed by atoms with E-state index in [2.05, 4.69) is 24.8 Å². The zero-order chi connectivity index (χ0) is 12.8. The third-order valence-corrected chi connectivity index (χ3v) is 1.95. The van der Waals surface area contributed by atoms with Crippen molar-refractivity contribution >= 4 is 17.8 Å². The lowest BCUT2D eigenvalue weighted by Crippen LogP contribution is -2.27. The molecule has 7 heteroatoms. The van der Waals surface area contributed by atoms with Crippen LogP contribution in [0.1, 0.15) is 17.4 Å². The molecule has 7 nitrogen and oxygen atoms in total. The van der Waals surface area contributed by atoms with Gasteiger partial charge in [0, 0.05) is 0 Å². The van der Waals surface area contributed by atoms with Crippen molar-refractivity contribution in [1.29, 1.82) is 0 Å². The minimum atomic E-state index is -0.591. The first kappa shape index (κ1) is 12.9. The van der Waals surface area contributed by atoms with E-state index in [0.717, 1.165) is 0 Å². The van der Waals surface area contributed by atoms with E-state index in [1.54, 1.807) is 6.92 Å². The fraction of sp³-hybridized carbons (Fsp3) is 0.400. The van der Waals surface area contributed by atoms with E-state index in [-0.39, 0.29) is 5.69 Å². The molecule has 1 N–H and O–H groups in total. The van der Waals surface area contributed by atoms with E-state index in [9.17, 15) is 9.59 Å². The molecular weight excluding hydrogens is 226 g/mol. The maximum absolute atomic E-state index is 11.2. The Kier molecular flexibility index (Phi) is 4.38. The van der Waals surface area contributed by atoms with Gasteiger partial charge in [-0.3, -0.25) is 4.98 Å². The van der Waals surface area contributed by atoms with Gasteiger partial charge in [0.2, 0.25) is 0 Å². The summed E-state index contributed by atoms with van der Waals surface area (Å²) in [5, 5.41) is 2.76. The molecule has 1 unspecified atom stereocenters. The van der Waals surface area contributed by atoms with Crippen LogP contribution in [0, 0.1) is 0 Å². The summed E-state index contributed by atoms with van der Waals surface area (Å²) in [5.74, 6) is -0.729. The summed E-state index contributed by atoms with van der Waals surface area (Å²) < 4.78 is 9.05. The van der Waals surface area contributed by atoms with Gasteiger partial charge in [-0.25, -0.2) is 14.6 Å². The molecule has 0 fully saturated rings. The Balaban J connectivity index is 2.79. The van der Waals surface area contributed by atoms with E-state index in [1.165, 1.54) is 26.6 Å². The largest absolute Gasteiger partial charge is 0.467 e. The molecule has 0 bridgehead atoms. The van der Waals surface area contributed by atoms with Crippen LogP contribution in [0.4, 0.5) is 5.82 Å². The number of anilines is 1. The minimum absolute atomic E-state index is 0.0644. The number of carbonyl (C=O) groups is 2. The molecule has 0 aliphatic rings. The molecule has 0 aliphatic carbocycles. The zero-order valence-corrected chi connectivity index (χ0v) is 9.76. The quantitative estimate of drug-likeness (QED) is 0.752. The SMILES string of the molecule is COC(=O)c1cncc(NC(C)C(=O)OC)n1. The predicted octanol–water partition coefficient (Wildman–Crippen LogP) is 0.237. The van der Waals surface area contributed by atoms with Crippen LogP contribution in [0.15, 0.2) is 12.4 Å². The van der Waals surface area contributed by atoms with Gasteiger partial charge in [0.1, 0.15) is 11.9 Å². The zero-order valence-electron chi connectivity index (χ0n) is 9.76. The third kappa shape index (κ3) is 3.40. The monoisotopic (exact) mass is 239 g/mol. The van der Waals surface area contributed by atoms with Gasteiger partial charge in [0.15, 0.2) is 5.69 Å². The lowest BCUT2D eigenvalue weighted by atomic mass is 10.3. The highest BCUT2D eigenvalue weighted by Gasteiger charge is 2.14. The molecule has 1 heterocycles. The van der Waals surface area contributed by atoms with E-state index in [0.29, 0.717) is 5.82 Å². The normalized spacial score (nSPS) is 11.5. The van der Waals surface area contributed by atoms with Crippen LogP contribution in [-0.4, -0.2) is 42.2 Å². The average Bonchev–Trinajstić information content (AvgIpc) is 2.37. The van der Waals surface area contributed by atoms with Crippen LogP contribution in [0.5, 0.6) is 0 Å². The number of nitrogens with zero attached hydrogens (tertiary/aromatic N) is 2. The van der Waals surface area contributed by atoms with Gasteiger partial charge in [-0.15, -0.1) is 0 Å². The lowest BCUT2D eigenvalue weighted by molar-refractivity contribution is -0.141. The van der Waals surface area contributed by atoms with Crippen LogP contribution in [0.25, 0.3) is 0 Å². The minimum Gasteiger partial charge on any atom is -0.467 e. The summed E-state index contributed by atoms with van der Waals surface area (Å²) in [6, 6.07) is -0.581. The standard InChI is InChI=1S/C10H13N3O4/c1-6(9(14)16-2)12-8-5-11-4-7(13-8)10(15)17-3/h4-6H,1-3H3,(H,12,13). The fourth-order valence-electron chi connectivity index (χ4n) is 1.10. The highest BCUT2D eigenvalue weighted by atomic mass is 16.5. The molecule has 1 aromatic rings. The number of hydrogen-bond donors (Lipinski definition) is 1. The van der Waals surface area contributed by atoms with Crippen molar-refractivity contribution in [2.24, 2.45) is 0 Å². The molecule has 0 amide bonds.